The Labute approximate surface area is 137 Å². The van der Waals surface area contributed by atoms with Gasteiger partial charge in [0.05, 0.1) is 18.0 Å². The lowest BCUT2D eigenvalue weighted by molar-refractivity contribution is -0.178. The molecule has 0 bridgehead atoms. The third-order valence-corrected chi connectivity index (χ3v) is 5.23. The van der Waals surface area contributed by atoms with Gasteiger partial charge < -0.3 is 14.7 Å². The van der Waals surface area contributed by atoms with E-state index in [0.717, 1.165) is 12.8 Å². The van der Waals surface area contributed by atoms with Crippen molar-refractivity contribution in [1.82, 2.24) is 14.7 Å². The minimum Gasteiger partial charge on any atom is -0.342 e. The van der Waals surface area contributed by atoms with Crippen molar-refractivity contribution in [3.05, 3.63) is 35.9 Å². The maximum Gasteiger partial charge on any atom is 0.236 e. The Kier molecular flexibility index (Phi) is 4.15. The second kappa shape index (κ2) is 5.96. The van der Waals surface area contributed by atoms with Crippen LogP contribution in [0.15, 0.2) is 30.3 Å². The van der Waals surface area contributed by atoms with Gasteiger partial charge in [0.25, 0.3) is 0 Å². The lowest BCUT2D eigenvalue weighted by Crippen LogP contribution is -2.65. The molecule has 0 N–H and O–H groups in total. The van der Waals surface area contributed by atoms with E-state index in [9.17, 15) is 9.59 Å². The molecule has 0 aromatic heterocycles. The number of likely N-dealkylation sites (tertiary alicyclic amines) is 2. The third kappa shape index (κ3) is 2.63. The van der Waals surface area contributed by atoms with Gasteiger partial charge in [-0.25, -0.2) is 0 Å². The molecular formula is C18H25N3O2. The molecule has 2 amide bonds. The van der Waals surface area contributed by atoms with E-state index in [0.29, 0.717) is 19.6 Å². The summed E-state index contributed by atoms with van der Waals surface area (Å²) in [6, 6.07) is 10.4. The molecular weight excluding hydrogens is 290 g/mol. The summed E-state index contributed by atoms with van der Waals surface area (Å²) in [7, 11) is 5.69. The molecule has 1 atom stereocenters. The van der Waals surface area contributed by atoms with Crippen molar-refractivity contribution < 1.29 is 9.59 Å². The van der Waals surface area contributed by atoms with Gasteiger partial charge in [0, 0.05) is 20.1 Å². The molecule has 0 saturated carbocycles. The fourth-order valence-electron chi connectivity index (χ4n) is 4.08. The Morgan fingerprint density at radius 1 is 1.22 bits per heavy atom. The van der Waals surface area contributed by atoms with Crippen LogP contribution in [-0.4, -0.2) is 67.3 Å². The highest BCUT2D eigenvalue weighted by atomic mass is 16.2. The first-order valence-electron chi connectivity index (χ1n) is 8.20. The Bertz CT molecular complexity index is 592. The van der Waals surface area contributed by atoms with E-state index in [1.807, 2.05) is 54.0 Å². The van der Waals surface area contributed by atoms with Crippen LogP contribution in [0.4, 0.5) is 0 Å². The number of rotatable bonds is 3. The summed E-state index contributed by atoms with van der Waals surface area (Å²) in [5, 5.41) is 0. The molecule has 2 aliphatic rings. The Morgan fingerprint density at radius 2 is 1.83 bits per heavy atom. The van der Waals surface area contributed by atoms with Crippen molar-refractivity contribution in [3.63, 3.8) is 0 Å². The monoisotopic (exact) mass is 315 g/mol. The first-order chi connectivity index (χ1) is 11.0. The zero-order chi connectivity index (χ0) is 16.6. The molecule has 1 aromatic rings. The molecule has 0 aliphatic carbocycles. The Morgan fingerprint density at radius 3 is 2.39 bits per heavy atom. The van der Waals surface area contributed by atoms with Crippen LogP contribution in [0.2, 0.25) is 0 Å². The number of carbonyl (C=O) groups is 2. The number of likely N-dealkylation sites (N-methyl/N-ethyl adjacent to an activating group) is 1. The van der Waals surface area contributed by atoms with Gasteiger partial charge >= 0.3 is 0 Å². The number of hydrogen-bond acceptors (Lipinski definition) is 3. The van der Waals surface area contributed by atoms with Gasteiger partial charge in [-0.3, -0.25) is 9.59 Å². The molecule has 2 heterocycles. The van der Waals surface area contributed by atoms with Crippen LogP contribution < -0.4 is 0 Å². The summed E-state index contributed by atoms with van der Waals surface area (Å²) in [5.74, 6) is 0.382. The molecule has 0 unspecified atom stereocenters. The number of piperidine rings is 1. The first kappa shape index (κ1) is 16.0. The summed E-state index contributed by atoms with van der Waals surface area (Å²) in [5.41, 5.74) is 0.882. The highest BCUT2D eigenvalue weighted by Gasteiger charge is 2.60. The molecule has 23 heavy (non-hydrogen) atoms. The van der Waals surface area contributed by atoms with E-state index in [2.05, 4.69) is 12.1 Å². The number of hydrogen-bond donors (Lipinski definition) is 0. The van der Waals surface area contributed by atoms with Crippen molar-refractivity contribution in [2.24, 2.45) is 5.41 Å². The van der Waals surface area contributed by atoms with Crippen LogP contribution in [0.3, 0.4) is 0 Å². The minimum atomic E-state index is -0.314. The first-order valence-corrected chi connectivity index (χ1v) is 8.20. The summed E-state index contributed by atoms with van der Waals surface area (Å²) in [6.45, 7) is 1.79. The van der Waals surface area contributed by atoms with Gasteiger partial charge in [-0.05, 0) is 32.5 Å². The largest absolute Gasteiger partial charge is 0.342 e. The maximum absolute atomic E-state index is 12.6. The van der Waals surface area contributed by atoms with Crippen LogP contribution in [0, 0.1) is 5.41 Å². The number of benzene rings is 1. The number of nitrogens with zero attached hydrogens (tertiary/aromatic N) is 3. The van der Waals surface area contributed by atoms with Crippen LogP contribution in [0.25, 0.3) is 0 Å². The van der Waals surface area contributed by atoms with E-state index in [1.165, 1.54) is 5.56 Å². The molecule has 124 valence electrons. The Hall–Kier alpha value is -1.88. The average molecular weight is 315 g/mol. The molecule has 1 aromatic carbocycles. The topological polar surface area (TPSA) is 43.9 Å². The van der Waals surface area contributed by atoms with Crippen molar-refractivity contribution in [2.45, 2.75) is 18.9 Å². The lowest BCUT2D eigenvalue weighted by atomic mass is 9.62. The summed E-state index contributed by atoms with van der Waals surface area (Å²) >= 11 is 0. The van der Waals surface area contributed by atoms with Crippen LogP contribution in [-0.2, 0) is 9.59 Å². The summed E-state index contributed by atoms with van der Waals surface area (Å²) in [4.78, 5) is 30.4. The van der Waals surface area contributed by atoms with Crippen LogP contribution in [0.5, 0.6) is 0 Å². The van der Waals surface area contributed by atoms with E-state index >= 15 is 0 Å². The fourth-order valence-corrected chi connectivity index (χ4v) is 4.08. The molecule has 2 aliphatic heterocycles. The van der Waals surface area contributed by atoms with Gasteiger partial charge in [0.2, 0.25) is 11.8 Å². The molecule has 0 radical (unpaired) electrons. The quantitative estimate of drug-likeness (QED) is 0.791. The van der Waals surface area contributed by atoms with Crippen LogP contribution in [0.1, 0.15) is 24.4 Å². The third-order valence-electron chi connectivity index (χ3n) is 5.23. The summed E-state index contributed by atoms with van der Waals surface area (Å²) < 4.78 is 0. The van der Waals surface area contributed by atoms with Crippen molar-refractivity contribution in [3.8, 4) is 0 Å². The molecule has 5 nitrogen and oxygen atoms in total. The fraction of sp³-hybridized carbons (Fsp3) is 0.556. The predicted octanol–water partition coefficient (Wildman–Crippen LogP) is 1.37. The van der Waals surface area contributed by atoms with Gasteiger partial charge in [0.1, 0.15) is 0 Å². The van der Waals surface area contributed by atoms with E-state index in [4.69, 9.17) is 0 Å². The molecule has 3 rings (SSSR count). The molecule has 2 fully saturated rings. The number of carbonyl (C=O) groups excluding carboxylic acids is 2. The van der Waals surface area contributed by atoms with Gasteiger partial charge in [0.15, 0.2) is 0 Å². The van der Waals surface area contributed by atoms with Gasteiger partial charge in [-0.2, -0.15) is 0 Å². The number of amides is 2. The van der Waals surface area contributed by atoms with Crippen LogP contribution >= 0.6 is 0 Å². The Balaban J connectivity index is 1.73. The van der Waals surface area contributed by atoms with Gasteiger partial charge in [-0.1, -0.05) is 30.3 Å². The predicted molar refractivity (Wildman–Crippen MR) is 88.8 cm³/mol. The average Bonchev–Trinajstić information content (AvgIpc) is 2.55. The minimum absolute atomic E-state index is 0.141. The van der Waals surface area contributed by atoms with Crippen molar-refractivity contribution in [2.75, 3.05) is 40.8 Å². The highest BCUT2D eigenvalue weighted by Crippen LogP contribution is 2.55. The second-order valence-electron chi connectivity index (χ2n) is 7.00. The van der Waals surface area contributed by atoms with Gasteiger partial charge in [-0.15, -0.1) is 0 Å². The molecule has 2 saturated heterocycles. The standard InChI is InChI=1S/C18H25N3O2/c1-19(2)13-15(22)21-11-9-18(10-12-21)16(20(3)17(18)23)14-7-5-4-6-8-14/h4-8,16H,9-13H2,1-3H3/t16-/m0/s1. The zero-order valence-corrected chi connectivity index (χ0v) is 14.2. The van der Waals surface area contributed by atoms with Crippen molar-refractivity contribution >= 4 is 11.8 Å². The molecule has 1 spiro atoms. The molecule has 5 heteroatoms. The second-order valence-corrected chi connectivity index (χ2v) is 7.00. The van der Waals surface area contributed by atoms with E-state index < -0.39 is 0 Å². The highest BCUT2D eigenvalue weighted by molar-refractivity contribution is 5.91. The van der Waals surface area contributed by atoms with E-state index in [-0.39, 0.29) is 23.3 Å². The smallest absolute Gasteiger partial charge is 0.236 e. The lowest BCUT2D eigenvalue weighted by Gasteiger charge is -2.58. The van der Waals surface area contributed by atoms with Crippen molar-refractivity contribution in [1.29, 1.82) is 0 Å². The SMILES string of the molecule is CN(C)CC(=O)N1CCC2(CC1)C(=O)N(C)[C@H]2c1ccccc1. The normalized spacial score (nSPS) is 23.3. The van der Waals surface area contributed by atoms with E-state index in [1.54, 1.807) is 0 Å². The maximum atomic E-state index is 12.6. The zero-order valence-electron chi connectivity index (χ0n) is 14.2. The number of β-lactam (4-membered cyclic amide) rings is 1. The summed E-state index contributed by atoms with van der Waals surface area (Å²) in [6.07, 6.45) is 1.52.